The number of ether oxygens (including phenoxy) is 1. The number of anilines is 3. The van der Waals surface area contributed by atoms with E-state index in [9.17, 15) is 4.79 Å². The number of nitrogens with one attached hydrogen (secondary N) is 3. The standard InChI is InChI=1S/C30H37N7O2S/c1-20-9-11-25(40-24-8-4-3-7-23(20)24)27-28(33-21-6-5-13-31-18-21)34-30(35-29(27)38)37-16-14-36(15-17-37)26-12-10-22(39-2)19-32-26/h3-4,7-8,10-12,19-21,31H,5-6,9,13-18H2,1-2H3,(H2,33,34,35,38). The van der Waals surface area contributed by atoms with Gasteiger partial charge in [0.1, 0.15) is 17.4 Å². The highest BCUT2D eigenvalue weighted by molar-refractivity contribution is 8.08. The van der Waals surface area contributed by atoms with Gasteiger partial charge in [-0.2, -0.15) is 4.98 Å². The highest BCUT2D eigenvalue weighted by Gasteiger charge is 2.26. The zero-order chi connectivity index (χ0) is 27.5. The van der Waals surface area contributed by atoms with Crippen LogP contribution in [0.3, 0.4) is 0 Å². The lowest BCUT2D eigenvalue weighted by Crippen LogP contribution is -2.48. The Bertz CT molecular complexity index is 1410. The molecule has 2 saturated heterocycles. The van der Waals surface area contributed by atoms with E-state index < -0.39 is 0 Å². The molecule has 0 aliphatic carbocycles. The fourth-order valence-electron chi connectivity index (χ4n) is 5.64. The van der Waals surface area contributed by atoms with Crippen molar-refractivity contribution >= 4 is 34.3 Å². The molecule has 0 saturated carbocycles. The van der Waals surface area contributed by atoms with Crippen LogP contribution in [0.5, 0.6) is 5.75 Å². The van der Waals surface area contributed by atoms with Crippen LogP contribution < -0.4 is 30.7 Å². The van der Waals surface area contributed by atoms with Gasteiger partial charge in [0.15, 0.2) is 0 Å². The van der Waals surface area contributed by atoms with Gasteiger partial charge in [-0.25, -0.2) is 4.98 Å². The SMILES string of the molecule is COc1ccc(N2CCN(c3nc(NC4CCCNC4)c(C4=CCC(C)c5ccccc5S4)c(=O)[nH]3)CC2)nc1. The fraction of sp³-hybridized carbons (Fsp3) is 0.433. The summed E-state index contributed by atoms with van der Waals surface area (Å²) in [6.07, 6.45) is 7.00. The van der Waals surface area contributed by atoms with Gasteiger partial charge < -0.3 is 25.2 Å². The van der Waals surface area contributed by atoms with Crippen molar-refractivity contribution in [1.82, 2.24) is 20.3 Å². The van der Waals surface area contributed by atoms with E-state index >= 15 is 0 Å². The second kappa shape index (κ2) is 11.9. The molecule has 2 fully saturated rings. The third-order valence-corrected chi connectivity index (χ3v) is 9.16. The Morgan fingerprint density at radius 3 is 2.67 bits per heavy atom. The third kappa shape index (κ3) is 5.69. The average Bonchev–Trinajstić information content (AvgIpc) is 3.16. The van der Waals surface area contributed by atoms with Crippen molar-refractivity contribution in [3.8, 4) is 5.75 Å². The van der Waals surface area contributed by atoms with Gasteiger partial charge in [0.2, 0.25) is 5.95 Å². The summed E-state index contributed by atoms with van der Waals surface area (Å²) >= 11 is 1.68. The van der Waals surface area contributed by atoms with Gasteiger partial charge in [0.05, 0.1) is 18.9 Å². The predicted octanol–water partition coefficient (Wildman–Crippen LogP) is 4.30. The molecule has 1 aromatic carbocycles. The number of nitrogens with zero attached hydrogens (tertiary/aromatic N) is 4. The molecule has 3 aromatic rings. The summed E-state index contributed by atoms with van der Waals surface area (Å²) in [7, 11) is 1.65. The maximum absolute atomic E-state index is 13.8. The second-order valence-corrected chi connectivity index (χ2v) is 11.8. The number of pyridine rings is 1. The molecule has 0 amide bonds. The lowest BCUT2D eigenvalue weighted by atomic mass is 9.97. The van der Waals surface area contributed by atoms with E-state index in [1.54, 1.807) is 25.1 Å². The molecule has 5 heterocycles. The molecule has 0 spiro atoms. The molecule has 3 aliphatic heterocycles. The summed E-state index contributed by atoms with van der Waals surface area (Å²) in [4.78, 5) is 33.2. The number of aromatic nitrogens is 3. The molecule has 40 heavy (non-hydrogen) atoms. The monoisotopic (exact) mass is 559 g/mol. The molecule has 2 atom stereocenters. The maximum atomic E-state index is 13.8. The van der Waals surface area contributed by atoms with Gasteiger partial charge in [-0.15, -0.1) is 0 Å². The number of piperazine rings is 1. The number of piperidine rings is 1. The molecule has 0 bridgehead atoms. The largest absolute Gasteiger partial charge is 0.495 e. The Kier molecular flexibility index (Phi) is 7.97. The Morgan fingerprint density at radius 1 is 1.10 bits per heavy atom. The molecular formula is C30H37N7O2S. The molecule has 6 rings (SSSR count). The molecule has 2 aromatic heterocycles. The number of H-pyrrole nitrogens is 1. The van der Waals surface area contributed by atoms with Crippen LogP contribution >= 0.6 is 11.8 Å². The quantitative estimate of drug-likeness (QED) is 0.408. The first-order chi connectivity index (χ1) is 19.6. The summed E-state index contributed by atoms with van der Waals surface area (Å²) in [6.45, 7) is 7.19. The number of benzene rings is 1. The van der Waals surface area contributed by atoms with E-state index in [1.165, 1.54) is 10.5 Å². The van der Waals surface area contributed by atoms with Crippen LogP contribution in [0.2, 0.25) is 0 Å². The number of rotatable bonds is 6. The lowest BCUT2D eigenvalue weighted by Gasteiger charge is -2.36. The summed E-state index contributed by atoms with van der Waals surface area (Å²) < 4.78 is 5.24. The van der Waals surface area contributed by atoms with Crippen LogP contribution in [-0.4, -0.2) is 67.4 Å². The Hall–Kier alpha value is -3.50. The smallest absolute Gasteiger partial charge is 0.262 e. The summed E-state index contributed by atoms with van der Waals surface area (Å²) in [5, 5.41) is 7.14. The van der Waals surface area contributed by atoms with Crippen molar-refractivity contribution in [2.24, 2.45) is 0 Å². The van der Waals surface area contributed by atoms with Crippen LogP contribution in [0.15, 0.2) is 58.4 Å². The van der Waals surface area contributed by atoms with Crippen molar-refractivity contribution in [2.75, 3.05) is 61.5 Å². The second-order valence-electron chi connectivity index (χ2n) is 10.7. The first-order valence-electron chi connectivity index (χ1n) is 14.2. The van der Waals surface area contributed by atoms with E-state index in [2.05, 4.69) is 67.7 Å². The number of hydrogen-bond acceptors (Lipinski definition) is 9. The maximum Gasteiger partial charge on any atom is 0.262 e. The number of hydrogen-bond donors (Lipinski definition) is 3. The number of thioether (sulfide) groups is 1. The summed E-state index contributed by atoms with van der Waals surface area (Å²) in [5.74, 6) is 3.37. The topological polar surface area (TPSA) is 98.4 Å². The zero-order valence-corrected chi connectivity index (χ0v) is 24.0. The fourth-order valence-corrected chi connectivity index (χ4v) is 6.89. The summed E-state index contributed by atoms with van der Waals surface area (Å²) in [6, 6.07) is 12.7. The van der Waals surface area contributed by atoms with Crippen LogP contribution in [0.4, 0.5) is 17.6 Å². The minimum absolute atomic E-state index is 0.0960. The van der Waals surface area contributed by atoms with E-state index in [4.69, 9.17) is 9.72 Å². The van der Waals surface area contributed by atoms with Crippen molar-refractivity contribution in [2.45, 2.75) is 43.0 Å². The van der Waals surface area contributed by atoms with Gasteiger partial charge in [-0.05, 0) is 55.5 Å². The number of methoxy groups -OCH3 is 1. The van der Waals surface area contributed by atoms with Crippen molar-refractivity contribution in [3.63, 3.8) is 0 Å². The van der Waals surface area contributed by atoms with Gasteiger partial charge in [0.25, 0.3) is 5.56 Å². The highest BCUT2D eigenvalue weighted by atomic mass is 32.2. The molecule has 3 N–H and O–H groups in total. The zero-order valence-electron chi connectivity index (χ0n) is 23.2. The molecule has 2 unspecified atom stereocenters. The van der Waals surface area contributed by atoms with E-state index in [-0.39, 0.29) is 11.6 Å². The number of aromatic amines is 1. The minimum Gasteiger partial charge on any atom is -0.495 e. The highest BCUT2D eigenvalue weighted by Crippen LogP contribution is 2.43. The molecule has 0 radical (unpaired) electrons. The van der Waals surface area contributed by atoms with Crippen molar-refractivity contribution < 1.29 is 4.74 Å². The number of fused-ring (bicyclic) bond motifs is 1. The predicted molar refractivity (Wildman–Crippen MR) is 163 cm³/mol. The molecule has 3 aliphatic rings. The Morgan fingerprint density at radius 2 is 1.93 bits per heavy atom. The van der Waals surface area contributed by atoms with Crippen molar-refractivity contribution in [1.29, 1.82) is 0 Å². The number of allylic oxidation sites excluding steroid dienone is 1. The lowest BCUT2D eigenvalue weighted by molar-refractivity contribution is 0.413. The average molecular weight is 560 g/mol. The Balaban J connectivity index is 1.28. The summed E-state index contributed by atoms with van der Waals surface area (Å²) in [5.41, 5.74) is 1.88. The van der Waals surface area contributed by atoms with Crippen LogP contribution in [0.25, 0.3) is 4.91 Å². The van der Waals surface area contributed by atoms with Crippen LogP contribution in [0.1, 0.15) is 43.2 Å². The minimum atomic E-state index is -0.0960. The van der Waals surface area contributed by atoms with Gasteiger partial charge in [-0.1, -0.05) is 43.0 Å². The van der Waals surface area contributed by atoms with Crippen LogP contribution in [-0.2, 0) is 0 Å². The molecule has 210 valence electrons. The van der Waals surface area contributed by atoms with Crippen LogP contribution in [0, 0.1) is 0 Å². The van der Waals surface area contributed by atoms with E-state index in [0.29, 0.717) is 23.2 Å². The van der Waals surface area contributed by atoms with E-state index in [0.717, 1.165) is 75.0 Å². The molecule has 10 heteroatoms. The Labute approximate surface area is 239 Å². The van der Waals surface area contributed by atoms with Gasteiger partial charge in [0, 0.05) is 48.6 Å². The third-order valence-electron chi connectivity index (χ3n) is 7.98. The van der Waals surface area contributed by atoms with Gasteiger partial charge in [-0.3, -0.25) is 9.78 Å². The first-order valence-corrected chi connectivity index (χ1v) is 15.0. The molecule has 9 nitrogen and oxygen atoms in total. The molecular weight excluding hydrogens is 522 g/mol. The van der Waals surface area contributed by atoms with Gasteiger partial charge >= 0.3 is 0 Å². The van der Waals surface area contributed by atoms with E-state index in [1.807, 2.05) is 12.1 Å². The normalized spacial score (nSPS) is 21.3. The van der Waals surface area contributed by atoms with Crippen molar-refractivity contribution in [3.05, 3.63) is 70.2 Å². The first kappa shape index (κ1) is 26.7.